The van der Waals surface area contributed by atoms with Gasteiger partial charge in [-0.15, -0.1) is 0 Å². The second kappa shape index (κ2) is 5.85. The molecule has 1 unspecified atom stereocenters. The third kappa shape index (κ3) is 3.43. The predicted octanol–water partition coefficient (Wildman–Crippen LogP) is 2.09. The first-order valence-corrected chi connectivity index (χ1v) is 7.00. The number of carbonyl (C=O) groups excluding carboxylic acids is 1. The number of likely N-dealkylation sites (N-methyl/N-ethyl adjacent to an activating group) is 1. The summed E-state index contributed by atoms with van der Waals surface area (Å²) in [4.78, 5) is 14.8. The SMILES string of the molecule is Cc1cc(C)c(C(=O)CC2CN(C)CCN2)c(C)c1. The smallest absolute Gasteiger partial charge is 0.165 e. The van der Waals surface area contributed by atoms with Crippen LogP contribution < -0.4 is 5.32 Å². The van der Waals surface area contributed by atoms with E-state index in [0.29, 0.717) is 6.42 Å². The molecule has 1 N–H and O–H groups in total. The topological polar surface area (TPSA) is 32.3 Å². The van der Waals surface area contributed by atoms with Crippen LogP contribution in [0.3, 0.4) is 0 Å². The lowest BCUT2D eigenvalue weighted by Gasteiger charge is -2.30. The Morgan fingerprint density at radius 3 is 2.53 bits per heavy atom. The molecule has 0 radical (unpaired) electrons. The second-order valence-corrected chi connectivity index (χ2v) is 5.81. The summed E-state index contributed by atoms with van der Waals surface area (Å²) in [6, 6.07) is 4.48. The zero-order chi connectivity index (χ0) is 14.0. The zero-order valence-electron chi connectivity index (χ0n) is 12.4. The van der Waals surface area contributed by atoms with E-state index in [0.717, 1.165) is 36.3 Å². The molecule has 0 aromatic heterocycles. The number of benzene rings is 1. The van der Waals surface area contributed by atoms with Gasteiger partial charge in [0.25, 0.3) is 0 Å². The predicted molar refractivity (Wildman–Crippen MR) is 78.9 cm³/mol. The van der Waals surface area contributed by atoms with E-state index in [1.165, 1.54) is 5.56 Å². The van der Waals surface area contributed by atoms with Crippen LogP contribution in [0.4, 0.5) is 0 Å². The molecule has 1 atom stereocenters. The molecule has 1 saturated heterocycles. The normalized spacial score (nSPS) is 20.5. The van der Waals surface area contributed by atoms with Gasteiger partial charge in [0.05, 0.1) is 0 Å². The van der Waals surface area contributed by atoms with Gasteiger partial charge >= 0.3 is 0 Å². The number of aryl methyl sites for hydroxylation is 3. The zero-order valence-corrected chi connectivity index (χ0v) is 12.4. The van der Waals surface area contributed by atoms with Crippen LogP contribution >= 0.6 is 0 Å². The number of nitrogens with zero attached hydrogens (tertiary/aromatic N) is 1. The number of hydrogen-bond acceptors (Lipinski definition) is 3. The summed E-state index contributed by atoms with van der Waals surface area (Å²) in [5, 5.41) is 3.44. The first-order valence-electron chi connectivity index (χ1n) is 7.00. The van der Waals surface area contributed by atoms with E-state index in [1.54, 1.807) is 0 Å². The average molecular weight is 260 g/mol. The van der Waals surface area contributed by atoms with Crippen LogP contribution in [0.5, 0.6) is 0 Å². The lowest BCUT2D eigenvalue weighted by Crippen LogP contribution is -2.49. The number of nitrogens with one attached hydrogen (secondary N) is 1. The maximum Gasteiger partial charge on any atom is 0.165 e. The number of piperazine rings is 1. The molecule has 0 bridgehead atoms. The monoisotopic (exact) mass is 260 g/mol. The highest BCUT2D eigenvalue weighted by molar-refractivity contribution is 5.99. The molecular formula is C16H24N2O. The highest BCUT2D eigenvalue weighted by Gasteiger charge is 2.21. The van der Waals surface area contributed by atoms with Gasteiger partial charge in [-0.2, -0.15) is 0 Å². The molecule has 2 rings (SSSR count). The van der Waals surface area contributed by atoms with Crippen LogP contribution in [0.2, 0.25) is 0 Å². The van der Waals surface area contributed by atoms with Crippen LogP contribution in [0.15, 0.2) is 12.1 Å². The molecule has 1 fully saturated rings. The van der Waals surface area contributed by atoms with Crippen LogP contribution in [0, 0.1) is 20.8 Å². The van der Waals surface area contributed by atoms with Gasteiger partial charge in [-0.05, 0) is 38.9 Å². The lowest BCUT2D eigenvalue weighted by atomic mass is 9.93. The molecule has 1 aromatic carbocycles. The molecule has 0 aliphatic carbocycles. The van der Waals surface area contributed by atoms with Crippen molar-refractivity contribution in [3.63, 3.8) is 0 Å². The fourth-order valence-electron chi connectivity index (χ4n) is 3.07. The van der Waals surface area contributed by atoms with Crippen molar-refractivity contribution in [2.45, 2.75) is 33.2 Å². The van der Waals surface area contributed by atoms with Gasteiger partial charge in [-0.3, -0.25) is 4.79 Å². The van der Waals surface area contributed by atoms with Crippen molar-refractivity contribution in [3.05, 3.63) is 34.4 Å². The molecule has 104 valence electrons. The number of carbonyl (C=O) groups is 1. The molecule has 0 saturated carbocycles. The van der Waals surface area contributed by atoms with Crippen LogP contribution in [0.1, 0.15) is 33.5 Å². The van der Waals surface area contributed by atoms with Gasteiger partial charge in [-0.1, -0.05) is 17.7 Å². The van der Waals surface area contributed by atoms with Crippen LogP contribution in [0.25, 0.3) is 0 Å². The summed E-state index contributed by atoms with van der Waals surface area (Å²) in [7, 11) is 2.11. The van der Waals surface area contributed by atoms with E-state index in [2.05, 4.69) is 36.3 Å². The van der Waals surface area contributed by atoms with Gasteiger partial charge in [0.15, 0.2) is 5.78 Å². The fraction of sp³-hybridized carbons (Fsp3) is 0.562. The maximum absolute atomic E-state index is 12.5. The minimum atomic E-state index is 0.266. The Labute approximate surface area is 116 Å². The Balaban J connectivity index is 2.12. The Morgan fingerprint density at radius 2 is 1.95 bits per heavy atom. The Bertz CT molecular complexity index is 459. The van der Waals surface area contributed by atoms with Gasteiger partial charge in [-0.25, -0.2) is 0 Å². The summed E-state index contributed by atoms with van der Waals surface area (Å²) < 4.78 is 0. The van der Waals surface area contributed by atoms with Crippen LogP contribution in [-0.4, -0.2) is 43.4 Å². The summed E-state index contributed by atoms with van der Waals surface area (Å²) in [5.74, 6) is 0.266. The summed E-state index contributed by atoms with van der Waals surface area (Å²) in [6.07, 6.45) is 0.592. The van der Waals surface area contributed by atoms with E-state index in [4.69, 9.17) is 0 Å². The largest absolute Gasteiger partial charge is 0.311 e. The molecule has 1 aliphatic heterocycles. The Hall–Kier alpha value is -1.19. The van der Waals surface area contributed by atoms with E-state index in [1.807, 2.05) is 13.8 Å². The number of hydrogen-bond donors (Lipinski definition) is 1. The third-order valence-electron chi connectivity index (χ3n) is 3.85. The highest BCUT2D eigenvalue weighted by Crippen LogP contribution is 2.19. The minimum absolute atomic E-state index is 0.266. The molecule has 1 aliphatic rings. The van der Waals surface area contributed by atoms with Crippen molar-refractivity contribution in [3.8, 4) is 0 Å². The molecule has 1 heterocycles. The summed E-state index contributed by atoms with van der Waals surface area (Å²) in [6.45, 7) is 9.14. The van der Waals surface area contributed by atoms with E-state index in [9.17, 15) is 4.79 Å². The van der Waals surface area contributed by atoms with E-state index < -0.39 is 0 Å². The molecule has 3 nitrogen and oxygen atoms in total. The molecule has 19 heavy (non-hydrogen) atoms. The fourth-order valence-corrected chi connectivity index (χ4v) is 3.07. The molecule has 1 aromatic rings. The number of rotatable bonds is 3. The van der Waals surface area contributed by atoms with Crippen molar-refractivity contribution in [2.75, 3.05) is 26.7 Å². The van der Waals surface area contributed by atoms with Crippen LogP contribution in [-0.2, 0) is 0 Å². The lowest BCUT2D eigenvalue weighted by molar-refractivity contribution is 0.0951. The molecule has 3 heteroatoms. The van der Waals surface area contributed by atoms with Crippen molar-refractivity contribution in [1.82, 2.24) is 10.2 Å². The first-order chi connectivity index (χ1) is 8.97. The first kappa shape index (κ1) is 14.2. The van der Waals surface area contributed by atoms with Gasteiger partial charge < -0.3 is 10.2 Å². The summed E-state index contributed by atoms with van der Waals surface area (Å²) in [5.41, 5.74) is 4.35. The number of ketones is 1. The minimum Gasteiger partial charge on any atom is -0.311 e. The Morgan fingerprint density at radius 1 is 1.32 bits per heavy atom. The van der Waals surface area contributed by atoms with Gasteiger partial charge in [0.2, 0.25) is 0 Å². The Kier molecular flexibility index (Phi) is 4.38. The molecular weight excluding hydrogens is 236 g/mol. The van der Waals surface area contributed by atoms with Crippen molar-refractivity contribution in [1.29, 1.82) is 0 Å². The van der Waals surface area contributed by atoms with E-state index >= 15 is 0 Å². The van der Waals surface area contributed by atoms with E-state index in [-0.39, 0.29) is 11.8 Å². The van der Waals surface area contributed by atoms with Crippen molar-refractivity contribution in [2.24, 2.45) is 0 Å². The average Bonchev–Trinajstić information content (AvgIpc) is 2.27. The number of Topliss-reactive ketones (excluding diaryl/α,β-unsaturated/α-hetero) is 1. The maximum atomic E-state index is 12.5. The molecule has 0 amide bonds. The van der Waals surface area contributed by atoms with Gasteiger partial charge in [0, 0.05) is 37.7 Å². The van der Waals surface area contributed by atoms with Crippen molar-refractivity contribution < 1.29 is 4.79 Å². The third-order valence-corrected chi connectivity index (χ3v) is 3.85. The van der Waals surface area contributed by atoms with Crippen molar-refractivity contribution >= 4 is 5.78 Å². The second-order valence-electron chi connectivity index (χ2n) is 5.81. The summed E-state index contributed by atoms with van der Waals surface area (Å²) >= 11 is 0. The quantitative estimate of drug-likeness (QED) is 0.845. The van der Waals surface area contributed by atoms with Gasteiger partial charge in [0.1, 0.15) is 0 Å². The highest BCUT2D eigenvalue weighted by atomic mass is 16.1. The molecule has 0 spiro atoms. The standard InChI is InChI=1S/C16H24N2O/c1-11-7-12(2)16(13(3)8-11)15(19)9-14-10-18(4)6-5-17-14/h7-8,14,17H,5-6,9-10H2,1-4H3.